The van der Waals surface area contributed by atoms with Crippen LogP contribution in [0.2, 0.25) is 0 Å². The normalized spacial score (nSPS) is 16.3. The highest BCUT2D eigenvalue weighted by Crippen LogP contribution is 2.37. The fourth-order valence-corrected chi connectivity index (χ4v) is 4.42. The molecule has 1 amide bonds. The van der Waals surface area contributed by atoms with Crippen LogP contribution in [-0.4, -0.2) is 52.3 Å². The first-order valence-corrected chi connectivity index (χ1v) is 11.9. The lowest BCUT2D eigenvalue weighted by Gasteiger charge is -2.28. The Balaban J connectivity index is 1.41. The summed E-state index contributed by atoms with van der Waals surface area (Å²) in [6.45, 7) is 8.69. The maximum absolute atomic E-state index is 12.7. The number of carbonyl (C=O) groups is 1. The predicted octanol–water partition coefficient (Wildman–Crippen LogP) is 5.84. The van der Waals surface area contributed by atoms with E-state index in [1.54, 1.807) is 12.0 Å². The van der Waals surface area contributed by atoms with Gasteiger partial charge in [-0.15, -0.1) is 0 Å². The summed E-state index contributed by atoms with van der Waals surface area (Å²) in [6, 6.07) is 9.59. The fourth-order valence-electron chi connectivity index (χ4n) is 4.42. The number of pyridine rings is 1. The third kappa shape index (κ3) is 4.78. The number of likely N-dealkylation sites (tertiary alicyclic amines) is 1. The van der Waals surface area contributed by atoms with Crippen molar-refractivity contribution in [2.75, 3.05) is 20.3 Å². The van der Waals surface area contributed by atoms with Crippen molar-refractivity contribution in [1.29, 1.82) is 0 Å². The second kappa shape index (κ2) is 8.83. The lowest BCUT2D eigenvalue weighted by molar-refractivity contribution is 0.0188. The first kappa shape index (κ1) is 23.1. The van der Waals surface area contributed by atoms with Crippen LogP contribution in [0.4, 0.5) is 4.79 Å². The van der Waals surface area contributed by atoms with Gasteiger partial charge in [0, 0.05) is 31.1 Å². The summed E-state index contributed by atoms with van der Waals surface area (Å²) in [4.78, 5) is 19.1. The number of methoxy groups -OCH3 is 1. The van der Waals surface area contributed by atoms with Gasteiger partial charge in [0.1, 0.15) is 40.6 Å². The number of hydrogen-bond donors (Lipinski definition) is 0. The molecular formula is C27H31N3O5. The van der Waals surface area contributed by atoms with Gasteiger partial charge in [0.25, 0.3) is 0 Å². The summed E-state index contributed by atoms with van der Waals surface area (Å²) in [7, 11) is 1.61. The van der Waals surface area contributed by atoms with Crippen LogP contribution < -0.4 is 9.47 Å². The van der Waals surface area contributed by atoms with E-state index < -0.39 is 5.60 Å². The molecule has 4 heterocycles. The molecule has 184 valence electrons. The zero-order chi connectivity index (χ0) is 24.7. The van der Waals surface area contributed by atoms with Crippen molar-refractivity contribution >= 4 is 22.7 Å². The van der Waals surface area contributed by atoms with Gasteiger partial charge in [0.15, 0.2) is 5.76 Å². The van der Waals surface area contributed by atoms with Crippen LogP contribution in [0.5, 0.6) is 11.5 Å². The van der Waals surface area contributed by atoms with Crippen LogP contribution in [-0.2, 0) is 4.74 Å². The molecule has 0 aliphatic carbocycles. The molecule has 0 saturated carbocycles. The van der Waals surface area contributed by atoms with Crippen LogP contribution in [0.15, 0.2) is 47.1 Å². The maximum atomic E-state index is 12.7. The Morgan fingerprint density at radius 2 is 2.03 bits per heavy atom. The number of hydrogen-bond acceptors (Lipinski definition) is 6. The Kier molecular flexibility index (Phi) is 5.83. The summed E-state index contributed by atoms with van der Waals surface area (Å²) in [6.07, 6.45) is 5.47. The van der Waals surface area contributed by atoms with Gasteiger partial charge >= 0.3 is 6.09 Å². The number of furan rings is 1. The van der Waals surface area contributed by atoms with Gasteiger partial charge in [-0.3, -0.25) is 0 Å². The minimum absolute atomic E-state index is 0.0563. The standard InChI is InChI=1S/C27H31N3O5/c1-17-8-9-25-28-21(15-29(25)14-17)24-13-20-22(11-19(32-5)12-23(20)34-24)33-16-18-7-6-10-30(18)26(31)35-27(2,3)4/h8-9,11-15,18H,6-7,10,16H2,1-5H3/t18-/m0/s1. The van der Waals surface area contributed by atoms with Crippen LogP contribution in [0, 0.1) is 6.92 Å². The van der Waals surface area contributed by atoms with E-state index in [1.807, 2.05) is 74.8 Å². The molecule has 1 aromatic carbocycles. The van der Waals surface area contributed by atoms with Crippen molar-refractivity contribution in [3.8, 4) is 23.0 Å². The van der Waals surface area contributed by atoms with E-state index in [1.165, 1.54) is 0 Å². The van der Waals surface area contributed by atoms with E-state index in [4.69, 9.17) is 23.6 Å². The smallest absolute Gasteiger partial charge is 0.410 e. The molecule has 8 nitrogen and oxygen atoms in total. The zero-order valence-electron chi connectivity index (χ0n) is 20.8. The van der Waals surface area contributed by atoms with Gasteiger partial charge in [-0.25, -0.2) is 9.78 Å². The number of amides is 1. The molecule has 4 aromatic rings. The van der Waals surface area contributed by atoms with Crippen LogP contribution in [0.25, 0.3) is 28.1 Å². The van der Waals surface area contributed by atoms with E-state index in [-0.39, 0.29) is 12.1 Å². The lowest BCUT2D eigenvalue weighted by Crippen LogP contribution is -2.42. The van der Waals surface area contributed by atoms with E-state index in [2.05, 4.69) is 0 Å². The van der Waals surface area contributed by atoms with Gasteiger partial charge in [0.2, 0.25) is 0 Å². The van der Waals surface area contributed by atoms with Crippen molar-refractivity contribution in [2.24, 2.45) is 0 Å². The van der Waals surface area contributed by atoms with Gasteiger partial charge in [-0.1, -0.05) is 6.07 Å². The monoisotopic (exact) mass is 477 g/mol. The molecule has 8 heteroatoms. The fraction of sp³-hybridized carbons (Fsp3) is 0.407. The number of rotatable bonds is 5. The van der Waals surface area contributed by atoms with Crippen molar-refractivity contribution < 1.29 is 23.4 Å². The molecule has 1 atom stereocenters. The number of carbonyl (C=O) groups excluding carboxylic acids is 1. The van der Waals surface area contributed by atoms with Crippen molar-refractivity contribution in [2.45, 2.75) is 52.2 Å². The third-order valence-corrected chi connectivity index (χ3v) is 6.10. The van der Waals surface area contributed by atoms with E-state index >= 15 is 0 Å². The van der Waals surface area contributed by atoms with E-state index in [0.717, 1.165) is 35.1 Å². The average molecular weight is 478 g/mol. The molecule has 3 aromatic heterocycles. The quantitative estimate of drug-likeness (QED) is 0.359. The van der Waals surface area contributed by atoms with Gasteiger partial charge in [0.05, 0.1) is 18.5 Å². The van der Waals surface area contributed by atoms with Crippen LogP contribution in [0.1, 0.15) is 39.2 Å². The molecule has 0 spiro atoms. The molecule has 0 unspecified atom stereocenters. The van der Waals surface area contributed by atoms with Crippen molar-refractivity contribution in [3.05, 3.63) is 48.3 Å². The Bertz CT molecular complexity index is 1380. The van der Waals surface area contributed by atoms with Crippen LogP contribution >= 0.6 is 0 Å². The first-order valence-electron chi connectivity index (χ1n) is 11.9. The number of fused-ring (bicyclic) bond motifs is 2. The maximum Gasteiger partial charge on any atom is 0.410 e. The molecule has 1 aliphatic heterocycles. The lowest BCUT2D eigenvalue weighted by atomic mass is 10.2. The number of benzene rings is 1. The number of ether oxygens (including phenoxy) is 3. The van der Waals surface area contributed by atoms with Crippen molar-refractivity contribution in [3.63, 3.8) is 0 Å². The number of nitrogens with zero attached hydrogens (tertiary/aromatic N) is 3. The van der Waals surface area contributed by atoms with Gasteiger partial charge in [-0.05, 0) is 58.2 Å². The predicted molar refractivity (Wildman–Crippen MR) is 133 cm³/mol. The summed E-state index contributed by atoms with van der Waals surface area (Å²) in [5.74, 6) is 1.93. The Hall–Kier alpha value is -3.68. The van der Waals surface area contributed by atoms with E-state index in [9.17, 15) is 4.79 Å². The molecule has 5 rings (SSSR count). The van der Waals surface area contributed by atoms with Crippen molar-refractivity contribution in [1.82, 2.24) is 14.3 Å². The highest BCUT2D eigenvalue weighted by Gasteiger charge is 2.32. The molecule has 1 fully saturated rings. The SMILES string of the molecule is COc1cc(OC[C@@H]2CCCN2C(=O)OC(C)(C)C)c2cc(-c3cn4cc(C)ccc4n3)oc2c1. The van der Waals surface area contributed by atoms with Gasteiger partial charge < -0.3 is 27.9 Å². The number of aryl methyl sites for hydroxylation is 1. The largest absolute Gasteiger partial charge is 0.496 e. The number of aromatic nitrogens is 2. The Labute approximate surface area is 204 Å². The summed E-state index contributed by atoms with van der Waals surface area (Å²) in [5, 5.41) is 0.829. The second-order valence-electron chi connectivity index (χ2n) is 10.0. The minimum atomic E-state index is -0.534. The number of imidazole rings is 1. The molecule has 0 radical (unpaired) electrons. The van der Waals surface area contributed by atoms with Gasteiger partial charge in [-0.2, -0.15) is 0 Å². The zero-order valence-corrected chi connectivity index (χ0v) is 20.8. The summed E-state index contributed by atoms with van der Waals surface area (Å²) < 4.78 is 25.5. The Morgan fingerprint density at radius 1 is 1.20 bits per heavy atom. The summed E-state index contributed by atoms with van der Waals surface area (Å²) in [5.41, 5.74) is 2.86. The first-order chi connectivity index (χ1) is 16.7. The van der Waals surface area contributed by atoms with Crippen LogP contribution in [0.3, 0.4) is 0 Å². The molecule has 35 heavy (non-hydrogen) atoms. The summed E-state index contributed by atoms with van der Waals surface area (Å²) >= 11 is 0. The molecule has 1 saturated heterocycles. The topological polar surface area (TPSA) is 78.4 Å². The molecule has 0 bridgehead atoms. The second-order valence-corrected chi connectivity index (χ2v) is 10.0. The Morgan fingerprint density at radius 3 is 2.80 bits per heavy atom. The molecule has 1 aliphatic rings. The molecule has 0 N–H and O–H groups in total. The van der Waals surface area contributed by atoms with E-state index in [0.29, 0.717) is 36.0 Å². The highest BCUT2D eigenvalue weighted by atomic mass is 16.6. The third-order valence-electron chi connectivity index (χ3n) is 6.10. The molecular weight excluding hydrogens is 446 g/mol. The average Bonchev–Trinajstić information content (AvgIpc) is 3.52. The highest BCUT2D eigenvalue weighted by molar-refractivity contribution is 5.89. The minimum Gasteiger partial charge on any atom is -0.496 e.